The zero-order valence-electron chi connectivity index (χ0n) is 9.04. The third kappa shape index (κ3) is 4.27. The molecule has 0 saturated carbocycles. The molecule has 0 unspecified atom stereocenters. The van der Waals surface area contributed by atoms with E-state index in [1.807, 2.05) is 27.7 Å². The fraction of sp³-hybridized carbons (Fsp3) is 0.900. The van der Waals surface area contributed by atoms with E-state index in [0.717, 1.165) is 12.8 Å². The Morgan fingerprint density at radius 1 is 1.31 bits per heavy atom. The van der Waals surface area contributed by atoms with Gasteiger partial charge in [0.05, 0.1) is 0 Å². The number of hydrogen-bond acceptors (Lipinski definition) is 3. The van der Waals surface area contributed by atoms with Crippen molar-refractivity contribution in [1.29, 1.82) is 0 Å². The maximum absolute atomic E-state index is 11.4. The van der Waals surface area contributed by atoms with Gasteiger partial charge in [-0.2, -0.15) is 0 Å². The Morgan fingerprint density at radius 3 is 2.08 bits per heavy atom. The number of nitrogens with two attached hydrogens (primary N) is 1. The topological polar surface area (TPSA) is 52.3 Å². The second kappa shape index (κ2) is 5.97. The Balaban J connectivity index is 3.98. The van der Waals surface area contributed by atoms with Gasteiger partial charge in [-0.25, -0.2) is 0 Å². The molecule has 0 radical (unpaired) electrons. The third-order valence-corrected chi connectivity index (χ3v) is 2.18. The first-order valence-electron chi connectivity index (χ1n) is 4.98. The van der Waals surface area contributed by atoms with Gasteiger partial charge in [-0.3, -0.25) is 4.79 Å². The Bertz CT molecular complexity index is 153. The summed E-state index contributed by atoms with van der Waals surface area (Å²) in [6.07, 6.45) is 1.73. The molecule has 78 valence electrons. The zero-order valence-corrected chi connectivity index (χ0v) is 9.04. The van der Waals surface area contributed by atoms with E-state index in [-0.39, 0.29) is 18.0 Å². The number of rotatable bonds is 5. The van der Waals surface area contributed by atoms with Gasteiger partial charge in [-0.05, 0) is 18.8 Å². The highest BCUT2D eigenvalue weighted by molar-refractivity contribution is 5.75. The average Bonchev–Trinajstić information content (AvgIpc) is 2.12. The summed E-state index contributed by atoms with van der Waals surface area (Å²) < 4.78 is 5.21. The lowest BCUT2D eigenvalue weighted by Crippen LogP contribution is -2.38. The molecule has 0 saturated heterocycles. The third-order valence-electron chi connectivity index (χ3n) is 2.18. The Morgan fingerprint density at radius 2 is 1.77 bits per heavy atom. The lowest BCUT2D eigenvalue weighted by Gasteiger charge is -2.19. The van der Waals surface area contributed by atoms with Gasteiger partial charge >= 0.3 is 5.97 Å². The quantitative estimate of drug-likeness (QED) is 0.666. The highest BCUT2D eigenvalue weighted by Gasteiger charge is 2.21. The summed E-state index contributed by atoms with van der Waals surface area (Å²) in [4.78, 5) is 11.4. The molecule has 0 spiro atoms. The molecule has 0 heterocycles. The summed E-state index contributed by atoms with van der Waals surface area (Å²) in [5.74, 6) is -0.134. The Labute approximate surface area is 80.6 Å². The maximum Gasteiger partial charge on any atom is 0.323 e. The second-order valence-electron chi connectivity index (χ2n) is 3.65. The van der Waals surface area contributed by atoms with Crippen molar-refractivity contribution in [3.05, 3.63) is 0 Å². The minimum absolute atomic E-state index is 0.0253. The molecule has 0 aromatic carbocycles. The van der Waals surface area contributed by atoms with Crippen LogP contribution in [-0.4, -0.2) is 18.1 Å². The molecule has 2 N–H and O–H groups in total. The first-order valence-corrected chi connectivity index (χ1v) is 4.98. The van der Waals surface area contributed by atoms with Gasteiger partial charge in [0.1, 0.15) is 12.1 Å². The fourth-order valence-corrected chi connectivity index (χ4v) is 0.970. The summed E-state index contributed by atoms with van der Waals surface area (Å²) in [5.41, 5.74) is 5.64. The number of ether oxygens (including phenoxy) is 1. The van der Waals surface area contributed by atoms with Crippen molar-refractivity contribution < 1.29 is 9.53 Å². The van der Waals surface area contributed by atoms with Crippen molar-refractivity contribution in [3.63, 3.8) is 0 Å². The smallest absolute Gasteiger partial charge is 0.323 e. The molecule has 1 atom stereocenters. The minimum atomic E-state index is -0.486. The van der Waals surface area contributed by atoms with Crippen molar-refractivity contribution in [1.82, 2.24) is 0 Å². The van der Waals surface area contributed by atoms with Crippen LogP contribution < -0.4 is 5.73 Å². The SMILES string of the molecule is CCC(CC)OC(=O)[C@H](N)C(C)C. The fourth-order valence-electron chi connectivity index (χ4n) is 0.970. The summed E-state index contributed by atoms with van der Waals surface area (Å²) in [6, 6.07) is -0.486. The van der Waals surface area contributed by atoms with E-state index in [1.165, 1.54) is 0 Å². The predicted octanol–water partition coefficient (Wildman–Crippen LogP) is 1.70. The van der Waals surface area contributed by atoms with Gasteiger partial charge in [-0.15, -0.1) is 0 Å². The summed E-state index contributed by atoms with van der Waals surface area (Å²) >= 11 is 0. The van der Waals surface area contributed by atoms with Gasteiger partial charge in [-0.1, -0.05) is 27.7 Å². The highest BCUT2D eigenvalue weighted by Crippen LogP contribution is 2.07. The van der Waals surface area contributed by atoms with Crippen LogP contribution in [0.4, 0.5) is 0 Å². The number of carbonyl (C=O) groups excluding carboxylic acids is 1. The average molecular weight is 187 g/mol. The van der Waals surface area contributed by atoms with Crippen LogP contribution in [0, 0.1) is 5.92 Å². The molecule has 0 aliphatic rings. The summed E-state index contributed by atoms with van der Waals surface area (Å²) in [6.45, 7) is 7.84. The van der Waals surface area contributed by atoms with Gasteiger partial charge in [0.2, 0.25) is 0 Å². The van der Waals surface area contributed by atoms with E-state index in [0.29, 0.717) is 0 Å². The van der Waals surface area contributed by atoms with Gasteiger partial charge < -0.3 is 10.5 Å². The molecule has 0 aliphatic heterocycles. The van der Waals surface area contributed by atoms with Crippen LogP contribution in [0.15, 0.2) is 0 Å². The van der Waals surface area contributed by atoms with Crippen LogP contribution in [0.5, 0.6) is 0 Å². The van der Waals surface area contributed by atoms with Gasteiger partial charge in [0.25, 0.3) is 0 Å². The number of esters is 1. The molecule has 0 rings (SSSR count). The van der Waals surface area contributed by atoms with Crippen LogP contribution in [-0.2, 0) is 9.53 Å². The lowest BCUT2D eigenvalue weighted by molar-refractivity contribution is -0.152. The maximum atomic E-state index is 11.4. The monoisotopic (exact) mass is 187 g/mol. The van der Waals surface area contributed by atoms with E-state index >= 15 is 0 Å². The zero-order chi connectivity index (χ0) is 10.4. The van der Waals surface area contributed by atoms with Gasteiger partial charge in [0, 0.05) is 0 Å². The molecule has 0 aromatic heterocycles. The Hall–Kier alpha value is -0.570. The van der Waals surface area contributed by atoms with Gasteiger partial charge in [0.15, 0.2) is 0 Å². The second-order valence-corrected chi connectivity index (χ2v) is 3.65. The lowest BCUT2D eigenvalue weighted by atomic mass is 10.1. The van der Waals surface area contributed by atoms with E-state index in [1.54, 1.807) is 0 Å². The molecule has 13 heavy (non-hydrogen) atoms. The normalized spacial score (nSPS) is 13.5. The molecule has 0 bridgehead atoms. The van der Waals surface area contributed by atoms with E-state index in [9.17, 15) is 4.79 Å². The predicted molar refractivity (Wildman–Crippen MR) is 53.3 cm³/mol. The van der Waals surface area contributed by atoms with Crippen LogP contribution >= 0.6 is 0 Å². The van der Waals surface area contributed by atoms with Crippen molar-refractivity contribution in [2.45, 2.75) is 52.7 Å². The molecular weight excluding hydrogens is 166 g/mol. The molecule has 0 aromatic rings. The highest BCUT2D eigenvalue weighted by atomic mass is 16.5. The summed E-state index contributed by atoms with van der Waals surface area (Å²) in [7, 11) is 0. The van der Waals surface area contributed by atoms with Crippen LogP contribution in [0.3, 0.4) is 0 Å². The summed E-state index contributed by atoms with van der Waals surface area (Å²) in [5, 5.41) is 0. The Kier molecular flexibility index (Phi) is 5.71. The first kappa shape index (κ1) is 12.4. The first-order chi connectivity index (χ1) is 6.02. The molecule has 0 aliphatic carbocycles. The van der Waals surface area contributed by atoms with Crippen molar-refractivity contribution >= 4 is 5.97 Å². The van der Waals surface area contributed by atoms with Crippen LogP contribution in [0.1, 0.15) is 40.5 Å². The van der Waals surface area contributed by atoms with Crippen LogP contribution in [0.25, 0.3) is 0 Å². The standard InChI is InChI=1S/C10H21NO2/c1-5-8(6-2)13-10(12)9(11)7(3)4/h7-9H,5-6,11H2,1-4H3/t9-/m1/s1. The van der Waals surface area contributed by atoms with Crippen molar-refractivity contribution in [2.75, 3.05) is 0 Å². The molecule has 0 fully saturated rings. The number of hydrogen-bond donors (Lipinski definition) is 1. The largest absolute Gasteiger partial charge is 0.461 e. The van der Waals surface area contributed by atoms with Crippen molar-refractivity contribution in [3.8, 4) is 0 Å². The van der Waals surface area contributed by atoms with Crippen LogP contribution in [0.2, 0.25) is 0 Å². The molecule has 3 heteroatoms. The van der Waals surface area contributed by atoms with Crippen molar-refractivity contribution in [2.24, 2.45) is 11.7 Å². The minimum Gasteiger partial charge on any atom is -0.461 e. The molecule has 3 nitrogen and oxygen atoms in total. The van der Waals surface area contributed by atoms with E-state index in [2.05, 4.69) is 0 Å². The van der Waals surface area contributed by atoms with E-state index in [4.69, 9.17) is 10.5 Å². The molecular formula is C10H21NO2. The van der Waals surface area contributed by atoms with E-state index < -0.39 is 6.04 Å². The number of carbonyl (C=O) groups is 1. The molecule has 0 amide bonds.